The van der Waals surface area contributed by atoms with Crippen molar-refractivity contribution in [1.29, 1.82) is 5.26 Å². The fourth-order valence-corrected chi connectivity index (χ4v) is 2.00. The summed E-state index contributed by atoms with van der Waals surface area (Å²) in [6.45, 7) is 0. The van der Waals surface area contributed by atoms with Crippen LogP contribution in [0.15, 0.2) is 27.9 Å². The van der Waals surface area contributed by atoms with Gasteiger partial charge in [0, 0.05) is 12.3 Å². The molecule has 1 aromatic carbocycles. The fourth-order valence-electron chi connectivity index (χ4n) is 1.76. The standard InChI is InChI=1S/C13H10ClN3O4/c1-20-10-4-11(21-2)9(3-8(10)14)17-6-7(5-15)12(18)16-13(17)19/h3-4,6H,1-2H3,(H,16,18,19). The van der Waals surface area contributed by atoms with E-state index in [1.165, 1.54) is 26.4 Å². The van der Waals surface area contributed by atoms with Crippen LogP contribution < -0.4 is 20.7 Å². The second-order valence-corrected chi connectivity index (χ2v) is 4.35. The van der Waals surface area contributed by atoms with E-state index in [0.717, 1.165) is 10.8 Å². The monoisotopic (exact) mass is 307 g/mol. The Hall–Kier alpha value is -2.72. The van der Waals surface area contributed by atoms with Crippen molar-refractivity contribution in [3.63, 3.8) is 0 Å². The predicted molar refractivity (Wildman–Crippen MR) is 75.5 cm³/mol. The fraction of sp³-hybridized carbons (Fsp3) is 0.154. The summed E-state index contributed by atoms with van der Waals surface area (Å²) in [6, 6.07) is 4.65. The Bertz CT molecular complexity index is 848. The number of H-pyrrole nitrogens is 1. The lowest BCUT2D eigenvalue weighted by atomic mass is 10.2. The molecule has 7 nitrogen and oxygen atoms in total. The van der Waals surface area contributed by atoms with Gasteiger partial charge in [-0.2, -0.15) is 5.26 Å². The molecule has 0 radical (unpaired) electrons. The van der Waals surface area contributed by atoms with E-state index >= 15 is 0 Å². The van der Waals surface area contributed by atoms with Crippen LogP contribution in [0.3, 0.4) is 0 Å². The molecule has 2 aromatic rings. The molecule has 0 saturated carbocycles. The van der Waals surface area contributed by atoms with Crippen molar-refractivity contribution in [2.75, 3.05) is 14.2 Å². The highest BCUT2D eigenvalue weighted by atomic mass is 35.5. The lowest BCUT2D eigenvalue weighted by Gasteiger charge is -2.13. The Morgan fingerprint density at radius 3 is 2.48 bits per heavy atom. The van der Waals surface area contributed by atoms with Crippen molar-refractivity contribution in [1.82, 2.24) is 9.55 Å². The third kappa shape index (κ3) is 2.61. The van der Waals surface area contributed by atoms with Crippen molar-refractivity contribution in [2.45, 2.75) is 0 Å². The van der Waals surface area contributed by atoms with E-state index in [1.807, 2.05) is 0 Å². The van der Waals surface area contributed by atoms with Crippen LogP contribution in [0.1, 0.15) is 5.56 Å². The third-order valence-corrected chi connectivity index (χ3v) is 3.07. The zero-order valence-electron chi connectivity index (χ0n) is 11.1. The number of nitrogens with zero attached hydrogens (tertiary/aromatic N) is 2. The van der Waals surface area contributed by atoms with Gasteiger partial charge < -0.3 is 9.47 Å². The molecule has 1 heterocycles. The number of hydrogen-bond acceptors (Lipinski definition) is 5. The van der Waals surface area contributed by atoms with Crippen LogP contribution >= 0.6 is 11.6 Å². The van der Waals surface area contributed by atoms with E-state index in [4.69, 9.17) is 26.3 Å². The Morgan fingerprint density at radius 1 is 1.24 bits per heavy atom. The van der Waals surface area contributed by atoms with Crippen molar-refractivity contribution < 1.29 is 9.47 Å². The summed E-state index contributed by atoms with van der Waals surface area (Å²) in [5.74, 6) is 0.671. The lowest BCUT2D eigenvalue weighted by molar-refractivity contribution is 0.393. The molecule has 0 spiro atoms. The highest BCUT2D eigenvalue weighted by Gasteiger charge is 2.14. The van der Waals surface area contributed by atoms with Crippen molar-refractivity contribution >= 4 is 11.6 Å². The van der Waals surface area contributed by atoms with Crippen LogP contribution in [-0.4, -0.2) is 23.8 Å². The summed E-state index contributed by atoms with van der Waals surface area (Å²) < 4.78 is 11.3. The van der Waals surface area contributed by atoms with Crippen LogP contribution in [0.2, 0.25) is 5.02 Å². The molecular formula is C13H10ClN3O4. The van der Waals surface area contributed by atoms with E-state index in [9.17, 15) is 9.59 Å². The summed E-state index contributed by atoms with van der Waals surface area (Å²) in [5, 5.41) is 9.14. The number of nitrogens with one attached hydrogen (secondary N) is 1. The van der Waals surface area contributed by atoms with Gasteiger partial charge in [0.1, 0.15) is 23.1 Å². The minimum Gasteiger partial charge on any atom is -0.495 e. The summed E-state index contributed by atoms with van der Waals surface area (Å²) in [5.41, 5.74) is -1.39. The molecule has 0 fully saturated rings. The Balaban J connectivity index is 2.79. The number of benzene rings is 1. The first-order valence-electron chi connectivity index (χ1n) is 5.69. The normalized spacial score (nSPS) is 10.0. The van der Waals surface area contributed by atoms with E-state index in [1.54, 1.807) is 6.07 Å². The van der Waals surface area contributed by atoms with Crippen LogP contribution in [0.25, 0.3) is 5.69 Å². The second-order valence-electron chi connectivity index (χ2n) is 3.94. The highest BCUT2D eigenvalue weighted by Crippen LogP contribution is 2.34. The number of rotatable bonds is 3. The van der Waals surface area contributed by atoms with Crippen LogP contribution in [0.4, 0.5) is 0 Å². The Kier molecular flexibility index (Phi) is 4.00. The topological polar surface area (TPSA) is 97.1 Å². The molecule has 0 aliphatic rings. The molecule has 21 heavy (non-hydrogen) atoms. The maximum absolute atomic E-state index is 11.9. The van der Waals surface area contributed by atoms with Crippen molar-refractivity contribution in [2.24, 2.45) is 0 Å². The maximum atomic E-state index is 11.9. The van der Waals surface area contributed by atoms with Crippen molar-refractivity contribution in [3.05, 3.63) is 49.8 Å². The van der Waals surface area contributed by atoms with Crippen molar-refractivity contribution in [3.8, 4) is 23.3 Å². The molecule has 1 aromatic heterocycles. The summed E-state index contributed by atoms with van der Waals surface area (Å²) >= 11 is 6.03. The largest absolute Gasteiger partial charge is 0.495 e. The van der Waals surface area contributed by atoms with Crippen LogP contribution in [0.5, 0.6) is 11.5 Å². The molecule has 0 atom stereocenters. The number of methoxy groups -OCH3 is 2. The SMILES string of the molecule is COc1cc(OC)c(-n2cc(C#N)c(=O)[nH]c2=O)cc1Cl. The summed E-state index contributed by atoms with van der Waals surface area (Å²) in [7, 11) is 2.86. The molecule has 0 unspecified atom stereocenters. The number of aromatic nitrogens is 2. The van der Waals surface area contributed by atoms with Gasteiger partial charge in [0.15, 0.2) is 0 Å². The average Bonchev–Trinajstić information content (AvgIpc) is 2.47. The molecule has 1 N–H and O–H groups in total. The molecule has 0 amide bonds. The minimum absolute atomic E-state index is 0.205. The van der Waals surface area contributed by atoms with Crippen LogP contribution in [0, 0.1) is 11.3 Å². The molecule has 108 valence electrons. The first-order chi connectivity index (χ1) is 10.0. The predicted octanol–water partition coefficient (Wildman–Crippen LogP) is 1.07. The molecule has 0 aliphatic heterocycles. The summed E-state index contributed by atoms with van der Waals surface area (Å²) in [4.78, 5) is 25.4. The van der Waals surface area contributed by atoms with Gasteiger partial charge in [-0.3, -0.25) is 14.3 Å². The number of hydrogen-bond donors (Lipinski definition) is 1. The van der Waals surface area contributed by atoms with Gasteiger partial charge in [-0.15, -0.1) is 0 Å². The van der Waals surface area contributed by atoms with E-state index in [0.29, 0.717) is 11.5 Å². The second kappa shape index (κ2) is 5.73. The molecule has 0 saturated heterocycles. The van der Waals surface area contributed by atoms with Gasteiger partial charge in [0.05, 0.1) is 24.9 Å². The molecule has 0 bridgehead atoms. The zero-order chi connectivity index (χ0) is 15.6. The average molecular weight is 308 g/mol. The van der Waals surface area contributed by atoms with Gasteiger partial charge in [-0.1, -0.05) is 11.6 Å². The first kappa shape index (κ1) is 14.7. The number of nitriles is 1. The third-order valence-electron chi connectivity index (χ3n) is 2.78. The lowest BCUT2D eigenvalue weighted by Crippen LogP contribution is -2.30. The number of aromatic amines is 1. The van der Waals surface area contributed by atoms with E-state index in [-0.39, 0.29) is 16.3 Å². The van der Waals surface area contributed by atoms with Gasteiger partial charge in [-0.05, 0) is 6.07 Å². The minimum atomic E-state index is -0.752. The number of halogens is 1. The molecule has 2 rings (SSSR count). The van der Waals surface area contributed by atoms with Gasteiger partial charge in [0.2, 0.25) is 0 Å². The number of ether oxygens (including phenoxy) is 2. The first-order valence-corrected chi connectivity index (χ1v) is 6.07. The zero-order valence-corrected chi connectivity index (χ0v) is 11.9. The van der Waals surface area contributed by atoms with Gasteiger partial charge in [-0.25, -0.2) is 4.79 Å². The highest BCUT2D eigenvalue weighted by molar-refractivity contribution is 6.32. The van der Waals surface area contributed by atoms with Gasteiger partial charge >= 0.3 is 5.69 Å². The smallest absolute Gasteiger partial charge is 0.333 e. The van der Waals surface area contributed by atoms with E-state index < -0.39 is 11.2 Å². The molecular weight excluding hydrogens is 298 g/mol. The molecule has 8 heteroatoms. The maximum Gasteiger partial charge on any atom is 0.333 e. The van der Waals surface area contributed by atoms with E-state index in [2.05, 4.69) is 4.98 Å². The Labute approximate surface area is 123 Å². The quantitative estimate of drug-likeness (QED) is 0.914. The van der Waals surface area contributed by atoms with Gasteiger partial charge in [0.25, 0.3) is 5.56 Å². The van der Waals surface area contributed by atoms with Crippen LogP contribution in [-0.2, 0) is 0 Å². The molecule has 0 aliphatic carbocycles. The summed E-state index contributed by atoms with van der Waals surface area (Å²) in [6.07, 6.45) is 1.13. The Morgan fingerprint density at radius 2 is 1.90 bits per heavy atom.